The lowest BCUT2D eigenvalue weighted by Crippen LogP contribution is -2.15. The fourth-order valence-corrected chi connectivity index (χ4v) is 3.01. The molecule has 20 heavy (non-hydrogen) atoms. The van der Waals surface area contributed by atoms with Gasteiger partial charge in [0, 0.05) is 5.69 Å². The molecule has 0 bridgehead atoms. The minimum absolute atomic E-state index is 0.153. The Bertz CT molecular complexity index is 642. The van der Waals surface area contributed by atoms with Crippen LogP contribution < -0.4 is 11.1 Å². The number of carbonyl (C=O) groups excluding carboxylic acids is 2. The molecule has 1 heterocycles. The van der Waals surface area contributed by atoms with E-state index >= 15 is 0 Å². The van der Waals surface area contributed by atoms with E-state index in [9.17, 15) is 9.59 Å². The quantitative estimate of drug-likeness (QED) is 0.645. The van der Waals surface area contributed by atoms with Gasteiger partial charge in [-0.25, -0.2) is 4.98 Å². The van der Waals surface area contributed by atoms with Crippen LogP contribution in [-0.4, -0.2) is 35.5 Å². The topological polar surface area (TPSA) is 94.3 Å². The number of ether oxygens (including phenoxy) is 1. The fourth-order valence-electron chi connectivity index (χ4n) is 1.44. The van der Waals surface area contributed by atoms with E-state index in [1.165, 1.54) is 30.2 Å². The molecule has 0 saturated heterocycles. The van der Waals surface area contributed by atoms with Crippen molar-refractivity contribution in [1.29, 1.82) is 0 Å². The van der Waals surface area contributed by atoms with Gasteiger partial charge in [-0.3, -0.25) is 9.59 Å². The Labute approximate surface area is 123 Å². The standard InChI is InChI=1S/C12H13N3O3S2/c1-18-11(17)6-19-5-10(16)15-12-14-8-3-2-7(13)4-9(8)20-12/h2-4H,5-6,13H2,1H3,(H,14,15,16). The first-order chi connectivity index (χ1) is 9.58. The maximum atomic E-state index is 11.7. The molecule has 0 atom stereocenters. The number of nitrogen functional groups attached to an aromatic ring is 1. The Morgan fingerprint density at radius 3 is 3.00 bits per heavy atom. The van der Waals surface area contributed by atoms with Gasteiger partial charge in [-0.15, -0.1) is 11.8 Å². The second-order valence-electron chi connectivity index (χ2n) is 3.86. The predicted molar refractivity (Wildman–Crippen MR) is 82.0 cm³/mol. The molecule has 2 rings (SSSR count). The Hall–Kier alpha value is -1.80. The number of benzene rings is 1. The predicted octanol–water partition coefficient (Wildman–Crippen LogP) is 1.72. The van der Waals surface area contributed by atoms with Crippen LogP contribution in [0.15, 0.2) is 18.2 Å². The van der Waals surface area contributed by atoms with Crippen molar-refractivity contribution in [3.63, 3.8) is 0 Å². The number of aromatic nitrogens is 1. The molecule has 0 spiro atoms. The lowest BCUT2D eigenvalue weighted by molar-refractivity contribution is -0.137. The van der Waals surface area contributed by atoms with E-state index < -0.39 is 0 Å². The molecule has 0 aliphatic heterocycles. The van der Waals surface area contributed by atoms with Crippen molar-refractivity contribution in [2.75, 3.05) is 29.7 Å². The Morgan fingerprint density at radius 1 is 1.45 bits per heavy atom. The van der Waals surface area contributed by atoms with E-state index in [4.69, 9.17) is 5.73 Å². The van der Waals surface area contributed by atoms with Crippen LogP contribution in [0.3, 0.4) is 0 Å². The lowest BCUT2D eigenvalue weighted by atomic mass is 10.3. The molecule has 106 valence electrons. The highest BCUT2D eigenvalue weighted by atomic mass is 32.2. The minimum Gasteiger partial charge on any atom is -0.468 e. The summed E-state index contributed by atoms with van der Waals surface area (Å²) in [6.07, 6.45) is 0. The number of anilines is 2. The monoisotopic (exact) mass is 311 g/mol. The first-order valence-corrected chi connectivity index (χ1v) is 7.66. The van der Waals surface area contributed by atoms with Crippen LogP contribution in [0.4, 0.5) is 10.8 Å². The molecular formula is C12H13N3O3S2. The molecule has 3 N–H and O–H groups in total. The number of thiazole rings is 1. The number of thioether (sulfide) groups is 1. The van der Waals surface area contributed by atoms with Crippen LogP contribution in [0.25, 0.3) is 10.2 Å². The van der Waals surface area contributed by atoms with E-state index in [0.29, 0.717) is 10.8 Å². The molecule has 0 aliphatic rings. The zero-order chi connectivity index (χ0) is 14.5. The minimum atomic E-state index is -0.349. The van der Waals surface area contributed by atoms with Crippen LogP contribution in [0.2, 0.25) is 0 Å². The highest BCUT2D eigenvalue weighted by molar-refractivity contribution is 8.00. The summed E-state index contributed by atoms with van der Waals surface area (Å²) in [5, 5.41) is 3.22. The number of fused-ring (bicyclic) bond motifs is 1. The highest BCUT2D eigenvalue weighted by Crippen LogP contribution is 2.27. The summed E-state index contributed by atoms with van der Waals surface area (Å²) in [6.45, 7) is 0. The van der Waals surface area contributed by atoms with Crippen LogP contribution in [0.1, 0.15) is 0 Å². The normalized spacial score (nSPS) is 10.4. The molecule has 1 aromatic heterocycles. The second kappa shape index (κ2) is 6.58. The van der Waals surface area contributed by atoms with Crippen LogP contribution in [0, 0.1) is 0 Å². The Kier molecular flexibility index (Phi) is 4.80. The van der Waals surface area contributed by atoms with Crippen molar-refractivity contribution in [2.24, 2.45) is 0 Å². The maximum Gasteiger partial charge on any atom is 0.315 e. The number of esters is 1. The molecule has 0 aliphatic carbocycles. The number of hydrogen-bond donors (Lipinski definition) is 2. The van der Waals surface area contributed by atoms with Gasteiger partial charge in [0.25, 0.3) is 0 Å². The zero-order valence-electron chi connectivity index (χ0n) is 10.7. The van der Waals surface area contributed by atoms with Crippen molar-refractivity contribution >= 4 is 56.0 Å². The smallest absolute Gasteiger partial charge is 0.315 e. The zero-order valence-corrected chi connectivity index (χ0v) is 12.3. The van der Waals surface area contributed by atoms with Gasteiger partial charge < -0.3 is 15.8 Å². The average molecular weight is 311 g/mol. The molecule has 6 nitrogen and oxygen atoms in total. The third-order valence-corrected chi connectivity index (χ3v) is 4.18. The largest absolute Gasteiger partial charge is 0.468 e. The molecule has 0 unspecified atom stereocenters. The number of carbonyl (C=O) groups is 2. The Balaban J connectivity index is 1.91. The number of methoxy groups -OCH3 is 1. The lowest BCUT2D eigenvalue weighted by Gasteiger charge is -2.00. The molecular weight excluding hydrogens is 298 g/mol. The van der Waals surface area contributed by atoms with Crippen LogP contribution in [0.5, 0.6) is 0 Å². The molecule has 8 heteroatoms. The van der Waals surface area contributed by atoms with Crippen molar-refractivity contribution in [3.05, 3.63) is 18.2 Å². The molecule has 1 amide bonds. The molecule has 1 aromatic carbocycles. The third kappa shape index (κ3) is 3.84. The van der Waals surface area contributed by atoms with Gasteiger partial charge in [-0.05, 0) is 18.2 Å². The summed E-state index contributed by atoms with van der Waals surface area (Å²) in [5.41, 5.74) is 7.14. The van der Waals surface area contributed by atoms with Gasteiger partial charge in [0.05, 0.1) is 28.8 Å². The van der Waals surface area contributed by atoms with Crippen molar-refractivity contribution in [1.82, 2.24) is 4.98 Å². The van der Waals surface area contributed by atoms with Crippen LogP contribution in [-0.2, 0) is 14.3 Å². The summed E-state index contributed by atoms with van der Waals surface area (Å²) >= 11 is 2.55. The van der Waals surface area contributed by atoms with E-state index in [0.717, 1.165) is 10.2 Å². The SMILES string of the molecule is COC(=O)CSCC(=O)Nc1nc2ccc(N)cc2s1. The van der Waals surface area contributed by atoms with Gasteiger partial charge in [-0.2, -0.15) is 0 Å². The van der Waals surface area contributed by atoms with E-state index in [1.54, 1.807) is 6.07 Å². The fraction of sp³-hybridized carbons (Fsp3) is 0.250. The van der Waals surface area contributed by atoms with Gasteiger partial charge in [0.1, 0.15) is 0 Å². The Morgan fingerprint density at radius 2 is 2.25 bits per heavy atom. The number of nitrogens with zero attached hydrogens (tertiary/aromatic N) is 1. The average Bonchev–Trinajstić information content (AvgIpc) is 2.79. The molecule has 0 saturated carbocycles. The summed E-state index contributed by atoms with van der Waals surface area (Å²) < 4.78 is 5.41. The molecule has 2 aromatic rings. The van der Waals surface area contributed by atoms with Gasteiger partial charge in [-0.1, -0.05) is 11.3 Å². The number of rotatable bonds is 5. The molecule has 0 fully saturated rings. The van der Waals surface area contributed by atoms with Gasteiger partial charge in [0.15, 0.2) is 5.13 Å². The first kappa shape index (κ1) is 14.6. The van der Waals surface area contributed by atoms with Gasteiger partial charge >= 0.3 is 5.97 Å². The molecule has 0 radical (unpaired) electrons. The number of amides is 1. The van der Waals surface area contributed by atoms with E-state index in [-0.39, 0.29) is 23.4 Å². The highest BCUT2D eigenvalue weighted by Gasteiger charge is 2.09. The first-order valence-electron chi connectivity index (χ1n) is 5.69. The number of nitrogens with one attached hydrogen (secondary N) is 1. The number of hydrogen-bond acceptors (Lipinski definition) is 7. The summed E-state index contributed by atoms with van der Waals surface area (Å²) in [4.78, 5) is 26.9. The van der Waals surface area contributed by atoms with Crippen LogP contribution >= 0.6 is 23.1 Å². The summed E-state index contributed by atoms with van der Waals surface area (Å²) in [6, 6.07) is 5.39. The van der Waals surface area contributed by atoms with Crippen molar-refractivity contribution < 1.29 is 14.3 Å². The van der Waals surface area contributed by atoms with Gasteiger partial charge in [0.2, 0.25) is 5.91 Å². The van der Waals surface area contributed by atoms with E-state index in [1.807, 2.05) is 12.1 Å². The van der Waals surface area contributed by atoms with Crippen molar-refractivity contribution in [2.45, 2.75) is 0 Å². The summed E-state index contributed by atoms with van der Waals surface area (Å²) in [5.74, 6) is -0.225. The number of nitrogens with two attached hydrogens (primary N) is 1. The van der Waals surface area contributed by atoms with Crippen molar-refractivity contribution in [3.8, 4) is 0 Å². The second-order valence-corrected chi connectivity index (χ2v) is 5.88. The maximum absolute atomic E-state index is 11.7. The third-order valence-electron chi connectivity index (χ3n) is 2.34. The summed E-state index contributed by atoms with van der Waals surface area (Å²) in [7, 11) is 1.32. The van der Waals surface area contributed by atoms with E-state index in [2.05, 4.69) is 15.0 Å².